The molecule has 104 valence electrons. The SMILES string of the molecule is Cc1cc(O[C@@H](C)c2ccc(C(=O)O)cc2)nc(C)n1. The van der Waals surface area contributed by atoms with Gasteiger partial charge in [0.1, 0.15) is 11.9 Å². The average molecular weight is 272 g/mol. The van der Waals surface area contributed by atoms with E-state index in [1.165, 1.54) is 0 Å². The highest BCUT2D eigenvalue weighted by Gasteiger charge is 2.10. The maximum atomic E-state index is 10.8. The van der Waals surface area contributed by atoms with Crippen molar-refractivity contribution >= 4 is 5.97 Å². The molecule has 0 unspecified atom stereocenters. The van der Waals surface area contributed by atoms with Gasteiger partial charge in [-0.05, 0) is 38.5 Å². The Labute approximate surface area is 117 Å². The molecule has 1 heterocycles. The van der Waals surface area contributed by atoms with E-state index < -0.39 is 5.97 Å². The first-order chi connectivity index (χ1) is 9.45. The largest absolute Gasteiger partial charge is 0.478 e. The summed E-state index contributed by atoms with van der Waals surface area (Å²) in [6.45, 7) is 5.59. The lowest BCUT2D eigenvalue weighted by atomic mass is 10.1. The van der Waals surface area contributed by atoms with E-state index in [1.54, 1.807) is 30.3 Å². The highest BCUT2D eigenvalue weighted by atomic mass is 16.5. The van der Waals surface area contributed by atoms with Crippen molar-refractivity contribution in [3.05, 3.63) is 53.0 Å². The van der Waals surface area contributed by atoms with Gasteiger partial charge >= 0.3 is 5.97 Å². The number of benzene rings is 1. The second kappa shape index (κ2) is 5.69. The summed E-state index contributed by atoms with van der Waals surface area (Å²) in [5, 5.41) is 8.86. The Morgan fingerprint density at radius 1 is 1.20 bits per heavy atom. The molecule has 2 aromatic rings. The number of carboxylic acid groups (broad SMARTS) is 1. The first-order valence-electron chi connectivity index (χ1n) is 6.28. The molecule has 1 atom stereocenters. The van der Waals surface area contributed by atoms with Gasteiger partial charge in [-0.2, -0.15) is 4.98 Å². The van der Waals surface area contributed by atoms with E-state index >= 15 is 0 Å². The summed E-state index contributed by atoms with van der Waals surface area (Å²) in [5.74, 6) is 0.241. The quantitative estimate of drug-likeness (QED) is 0.926. The van der Waals surface area contributed by atoms with Gasteiger partial charge < -0.3 is 9.84 Å². The fourth-order valence-corrected chi connectivity index (χ4v) is 1.89. The van der Waals surface area contributed by atoms with E-state index in [0.29, 0.717) is 11.7 Å². The van der Waals surface area contributed by atoms with Gasteiger partial charge in [0.25, 0.3) is 0 Å². The highest BCUT2D eigenvalue weighted by molar-refractivity contribution is 5.87. The van der Waals surface area contributed by atoms with E-state index in [-0.39, 0.29) is 11.7 Å². The number of nitrogens with zero attached hydrogens (tertiary/aromatic N) is 2. The van der Waals surface area contributed by atoms with Crippen LogP contribution in [0.5, 0.6) is 5.88 Å². The monoisotopic (exact) mass is 272 g/mol. The number of carboxylic acids is 1. The lowest BCUT2D eigenvalue weighted by molar-refractivity contribution is 0.0696. The number of carbonyl (C=O) groups is 1. The van der Waals surface area contributed by atoms with Gasteiger partial charge in [0, 0.05) is 11.8 Å². The van der Waals surface area contributed by atoms with Crippen molar-refractivity contribution in [2.45, 2.75) is 26.9 Å². The third kappa shape index (κ3) is 3.32. The lowest BCUT2D eigenvalue weighted by Gasteiger charge is -2.15. The zero-order chi connectivity index (χ0) is 14.7. The standard InChI is InChI=1S/C15H16N2O3/c1-9-8-14(17-11(3)16-9)20-10(2)12-4-6-13(7-5-12)15(18)19/h4-8,10H,1-3H3,(H,18,19)/t10-/m0/s1. The van der Waals surface area contributed by atoms with Gasteiger partial charge in [-0.15, -0.1) is 0 Å². The smallest absolute Gasteiger partial charge is 0.335 e. The summed E-state index contributed by atoms with van der Waals surface area (Å²) >= 11 is 0. The molecule has 5 heteroatoms. The van der Waals surface area contributed by atoms with Crippen molar-refractivity contribution in [1.29, 1.82) is 0 Å². The zero-order valence-corrected chi connectivity index (χ0v) is 11.6. The summed E-state index contributed by atoms with van der Waals surface area (Å²) in [7, 11) is 0. The molecule has 1 N–H and O–H groups in total. The average Bonchev–Trinajstić information content (AvgIpc) is 2.37. The van der Waals surface area contributed by atoms with E-state index in [2.05, 4.69) is 9.97 Å². The van der Waals surface area contributed by atoms with Gasteiger partial charge in [-0.3, -0.25) is 0 Å². The molecule has 0 aliphatic carbocycles. The Bertz CT molecular complexity index is 603. The number of rotatable bonds is 4. The van der Waals surface area contributed by atoms with Gasteiger partial charge in [0.05, 0.1) is 5.56 Å². The third-order valence-corrected chi connectivity index (χ3v) is 2.87. The molecule has 0 fully saturated rings. The molecule has 0 aliphatic heterocycles. The fourth-order valence-electron chi connectivity index (χ4n) is 1.89. The topological polar surface area (TPSA) is 72.3 Å². The van der Waals surface area contributed by atoms with Crippen LogP contribution in [0.3, 0.4) is 0 Å². The molecule has 0 saturated heterocycles. The van der Waals surface area contributed by atoms with Crippen LogP contribution >= 0.6 is 0 Å². The summed E-state index contributed by atoms with van der Waals surface area (Å²) in [6.07, 6.45) is -0.216. The lowest BCUT2D eigenvalue weighted by Crippen LogP contribution is -2.06. The summed E-state index contributed by atoms with van der Waals surface area (Å²) in [4.78, 5) is 19.2. The fraction of sp³-hybridized carbons (Fsp3) is 0.267. The van der Waals surface area contributed by atoms with Crippen molar-refractivity contribution in [3.8, 4) is 5.88 Å². The second-order valence-corrected chi connectivity index (χ2v) is 4.58. The number of aromatic nitrogens is 2. The Hall–Kier alpha value is -2.43. The van der Waals surface area contributed by atoms with E-state index in [1.807, 2.05) is 20.8 Å². The van der Waals surface area contributed by atoms with Crippen LogP contribution in [0.15, 0.2) is 30.3 Å². The Kier molecular flexibility index (Phi) is 3.98. The highest BCUT2D eigenvalue weighted by Crippen LogP contribution is 2.21. The van der Waals surface area contributed by atoms with Crippen LogP contribution in [0.2, 0.25) is 0 Å². The summed E-state index contributed by atoms with van der Waals surface area (Å²) in [6, 6.07) is 8.39. The first-order valence-corrected chi connectivity index (χ1v) is 6.28. The second-order valence-electron chi connectivity index (χ2n) is 4.58. The predicted molar refractivity (Wildman–Crippen MR) is 74.0 cm³/mol. The molecule has 0 bridgehead atoms. The molecule has 0 spiro atoms. The van der Waals surface area contributed by atoms with Crippen LogP contribution in [-0.2, 0) is 0 Å². The van der Waals surface area contributed by atoms with Crippen molar-refractivity contribution in [3.63, 3.8) is 0 Å². The first kappa shape index (κ1) is 14.0. The van der Waals surface area contributed by atoms with Gasteiger partial charge in [0.2, 0.25) is 5.88 Å². The Morgan fingerprint density at radius 2 is 1.85 bits per heavy atom. The van der Waals surface area contributed by atoms with E-state index in [9.17, 15) is 4.79 Å². The van der Waals surface area contributed by atoms with Crippen LogP contribution in [0.25, 0.3) is 0 Å². The maximum Gasteiger partial charge on any atom is 0.335 e. The molecular formula is C15H16N2O3. The molecule has 5 nitrogen and oxygen atoms in total. The van der Waals surface area contributed by atoms with Crippen LogP contribution in [0.4, 0.5) is 0 Å². The summed E-state index contributed by atoms with van der Waals surface area (Å²) < 4.78 is 5.76. The molecular weight excluding hydrogens is 256 g/mol. The number of aromatic carboxylic acids is 1. The van der Waals surface area contributed by atoms with Gasteiger partial charge in [-0.25, -0.2) is 9.78 Å². The Balaban J connectivity index is 2.14. The number of hydrogen-bond acceptors (Lipinski definition) is 4. The van der Waals surface area contributed by atoms with Gasteiger partial charge in [0.15, 0.2) is 0 Å². The summed E-state index contributed by atoms with van der Waals surface area (Å²) in [5.41, 5.74) is 2.00. The number of hydrogen-bond donors (Lipinski definition) is 1. The molecule has 0 radical (unpaired) electrons. The minimum absolute atomic E-state index is 0.216. The molecule has 1 aromatic heterocycles. The third-order valence-electron chi connectivity index (χ3n) is 2.87. The van der Waals surface area contributed by atoms with Crippen molar-refractivity contribution in [2.24, 2.45) is 0 Å². The molecule has 0 aliphatic rings. The van der Waals surface area contributed by atoms with Crippen molar-refractivity contribution < 1.29 is 14.6 Å². The van der Waals surface area contributed by atoms with E-state index in [4.69, 9.17) is 9.84 Å². The van der Waals surface area contributed by atoms with Crippen LogP contribution in [0.1, 0.15) is 40.5 Å². The van der Waals surface area contributed by atoms with Crippen LogP contribution < -0.4 is 4.74 Å². The number of ether oxygens (including phenoxy) is 1. The maximum absolute atomic E-state index is 10.8. The van der Waals surface area contributed by atoms with Crippen molar-refractivity contribution in [1.82, 2.24) is 9.97 Å². The van der Waals surface area contributed by atoms with Crippen molar-refractivity contribution in [2.75, 3.05) is 0 Å². The normalized spacial score (nSPS) is 11.9. The molecule has 2 rings (SSSR count). The molecule has 0 saturated carbocycles. The van der Waals surface area contributed by atoms with E-state index in [0.717, 1.165) is 11.3 Å². The zero-order valence-electron chi connectivity index (χ0n) is 11.6. The molecule has 20 heavy (non-hydrogen) atoms. The minimum Gasteiger partial charge on any atom is -0.478 e. The minimum atomic E-state index is -0.938. The molecule has 0 amide bonds. The number of aryl methyl sites for hydroxylation is 2. The predicted octanol–water partition coefficient (Wildman–Crippen LogP) is 2.93. The Morgan fingerprint density at radius 3 is 2.40 bits per heavy atom. The van der Waals surface area contributed by atoms with Gasteiger partial charge in [-0.1, -0.05) is 12.1 Å². The van der Waals surface area contributed by atoms with Crippen LogP contribution in [0, 0.1) is 13.8 Å². The molecule has 1 aromatic carbocycles. The van der Waals surface area contributed by atoms with Crippen LogP contribution in [-0.4, -0.2) is 21.0 Å².